The molecule has 0 saturated carbocycles. The van der Waals surface area contributed by atoms with E-state index in [4.69, 9.17) is 26.6 Å². The molecular weight excluding hydrogens is 512 g/mol. The smallest absolute Gasteiger partial charge is 0.267 e. The molecule has 0 aliphatic rings. The number of hydrogen-bond acceptors (Lipinski definition) is 8. The third kappa shape index (κ3) is 5.55. The summed E-state index contributed by atoms with van der Waals surface area (Å²) < 4.78 is 11.9. The number of halogens is 1. The number of nitriles is 1. The Morgan fingerprint density at radius 1 is 1.24 bits per heavy atom. The van der Waals surface area contributed by atoms with Crippen LogP contribution in [0.3, 0.4) is 0 Å². The molecule has 4 aromatic rings. The second-order valence-corrected chi connectivity index (χ2v) is 8.67. The standard InChI is InChI=1S/C26H21ClN6O5/c1-14-7-18(32-38-14)9-22(26(36)31-17-5-6-21(25(29)35)30-12-17)33-13-23(37-2)20(10-24(33)34)19-8-16(27)4-3-15(19)11-28/h3-8,10,12-13,22H,9H2,1-2H3,(H2,29,35)(H,31,36). The minimum absolute atomic E-state index is 0.0129. The average Bonchev–Trinajstić information content (AvgIpc) is 3.32. The predicted molar refractivity (Wildman–Crippen MR) is 138 cm³/mol. The van der Waals surface area contributed by atoms with Crippen LogP contribution in [0.5, 0.6) is 5.75 Å². The zero-order valence-corrected chi connectivity index (χ0v) is 21.0. The van der Waals surface area contributed by atoms with Gasteiger partial charge in [-0.25, -0.2) is 4.98 Å². The second kappa shape index (κ2) is 11.0. The summed E-state index contributed by atoms with van der Waals surface area (Å²) in [6.07, 6.45) is 2.69. The summed E-state index contributed by atoms with van der Waals surface area (Å²) in [7, 11) is 1.41. The SMILES string of the molecule is COc1cn(C(Cc2cc(C)on2)C(=O)Nc2ccc(C(N)=O)nc2)c(=O)cc1-c1cc(Cl)ccc1C#N. The van der Waals surface area contributed by atoms with E-state index in [1.165, 1.54) is 42.3 Å². The van der Waals surface area contributed by atoms with Crippen LogP contribution in [0.15, 0.2) is 64.2 Å². The van der Waals surface area contributed by atoms with E-state index in [2.05, 4.69) is 21.5 Å². The zero-order chi connectivity index (χ0) is 27.4. The number of nitrogens with two attached hydrogens (primary N) is 1. The quantitative estimate of drug-likeness (QED) is 0.348. The Labute approximate surface area is 221 Å². The first-order valence-electron chi connectivity index (χ1n) is 11.2. The number of aromatic nitrogens is 3. The monoisotopic (exact) mass is 532 g/mol. The molecule has 2 amide bonds. The molecule has 0 fully saturated rings. The van der Waals surface area contributed by atoms with Gasteiger partial charge in [0.05, 0.1) is 42.5 Å². The molecule has 0 bridgehead atoms. The summed E-state index contributed by atoms with van der Waals surface area (Å²) in [5, 5.41) is 16.6. The number of rotatable bonds is 8. The molecule has 1 unspecified atom stereocenters. The number of aryl methyl sites for hydroxylation is 1. The van der Waals surface area contributed by atoms with Crippen molar-refractivity contribution >= 4 is 29.1 Å². The Kier molecular flexibility index (Phi) is 7.55. The van der Waals surface area contributed by atoms with Gasteiger partial charge in [-0.3, -0.25) is 19.0 Å². The molecule has 192 valence electrons. The molecule has 0 aliphatic carbocycles. The summed E-state index contributed by atoms with van der Waals surface area (Å²) in [5.74, 6) is -0.488. The molecule has 0 radical (unpaired) electrons. The maximum absolute atomic E-state index is 13.4. The largest absolute Gasteiger partial charge is 0.495 e. The first-order chi connectivity index (χ1) is 18.2. The van der Waals surface area contributed by atoms with Gasteiger partial charge in [0.1, 0.15) is 23.2 Å². The van der Waals surface area contributed by atoms with Crippen molar-refractivity contribution in [1.82, 2.24) is 14.7 Å². The van der Waals surface area contributed by atoms with Crippen LogP contribution in [-0.4, -0.2) is 33.6 Å². The Bertz CT molecular complexity index is 1620. The van der Waals surface area contributed by atoms with Crippen LogP contribution in [0.2, 0.25) is 5.02 Å². The second-order valence-electron chi connectivity index (χ2n) is 8.24. The van der Waals surface area contributed by atoms with E-state index < -0.39 is 23.4 Å². The lowest BCUT2D eigenvalue weighted by atomic mass is 10.00. The molecule has 0 saturated heterocycles. The van der Waals surface area contributed by atoms with Gasteiger partial charge in [0, 0.05) is 34.7 Å². The highest BCUT2D eigenvalue weighted by atomic mass is 35.5. The minimum atomic E-state index is -1.08. The fourth-order valence-corrected chi connectivity index (χ4v) is 4.02. The molecular formula is C26H21ClN6O5. The van der Waals surface area contributed by atoms with Crippen molar-refractivity contribution in [2.24, 2.45) is 5.73 Å². The number of primary amides is 1. The first kappa shape index (κ1) is 26.1. The molecule has 0 aliphatic heterocycles. The highest BCUT2D eigenvalue weighted by Gasteiger charge is 2.26. The third-order valence-electron chi connectivity index (χ3n) is 5.66. The van der Waals surface area contributed by atoms with Crippen LogP contribution in [0.4, 0.5) is 5.69 Å². The maximum atomic E-state index is 13.4. The van der Waals surface area contributed by atoms with E-state index >= 15 is 0 Å². The van der Waals surface area contributed by atoms with Gasteiger partial charge in [-0.15, -0.1) is 0 Å². The van der Waals surface area contributed by atoms with Gasteiger partial charge < -0.3 is 20.3 Å². The van der Waals surface area contributed by atoms with Crippen LogP contribution >= 0.6 is 11.6 Å². The van der Waals surface area contributed by atoms with Crippen LogP contribution < -0.4 is 21.3 Å². The number of benzene rings is 1. The number of methoxy groups -OCH3 is 1. The summed E-state index contributed by atoms with van der Waals surface area (Å²) >= 11 is 6.15. The number of anilines is 1. The molecule has 1 atom stereocenters. The van der Waals surface area contributed by atoms with Crippen molar-refractivity contribution in [1.29, 1.82) is 5.26 Å². The van der Waals surface area contributed by atoms with Crippen molar-refractivity contribution in [3.8, 4) is 22.9 Å². The number of pyridine rings is 2. The third-order valence-corrected chi connectivity index (χ3v) is 5.89. The number of carbonyl (C=O) groups excluding carboxylic acids is 2. The van der Waals surface area contributed by atoms with Crippen molar-refractivity contribution < 1.29 is 18.8 Å². The van der Waals surface area contributed by atoms with Crippen LogP contribution in [0, 0.1) is 18.3 Å². The topological polar surface area (TPSA) is 166 Å². The molecule has 3 aromatic heterocycles. The van der Waals surface area contributed by atoms with E-state index in [0.717, 1.165) is 0 Å². The van der Waals surface area contributed by atoms with Crippen molar-refractivity contribution in [2.75, 3.05) is 12.4 Å². The number of nitrogens with zero attached hydrogens (tertiary/aromatic N) is 4. The van der Waals surface area contributed by atoms with Gasteiger partial charge in [0.25, 0.3) is 11.5 Å². The van der Waals surface area contributed by atoms with E-state index in [0.29, 0.717) is 33.2 Å². The molecule has 12 heteroatoms. The summed E-state index contributed by atoms with van der Waals surface area (Å²) in [6, 6.07) is 11.5. The number of carbonyl (C=O) groups is 2. The van der Waals surface area contributed by atoms with Gasteiger partial charge in [-0.1, -0.05) is 16.8 Å². The fourth-order valence-electron chi connectivity index (χ4n) is 3.85. The zero-order valence-electron chi connectivity index (χ0n) is 20.3. The molecule has 38 heavy (non-hydrogen) atoms. The molecule has 1 aromatic carbocycles. The van der Waals surface area contributed by atoms with Crippen LogP contribution in [0.25, 0.3) is 11.1 Å². The number of hydrogen-bond donors (Lipinski definition) is 2. The molecule has 3 heterocycles. The Balaban J connectivity index is 1.78. The van der Waals surface area contributed by atoms with Gasteiger partial charge in [0.15, 0.2) is 0 Å². The van der Waals surface area contributed by atoms with Crippen molar-refractivity contribution in [3.63, 3.8) is 0 Å². The Morgan fingerprint density at radius 2 is 2.03 bits per heavy atom. The number of ether oxygens (including phenoxy) is 1. The summed E-state index contributed by atoms with van der Waals surface area (Å²) in [6.45, 7) is 1.71. The van der Waals surface area contributed by atoms with Gasteiger partial charge in [0.2, 0.25) is 5.91 Å². The van der Waals surface area contributed by atoms with Crippen molar-refractivity contribution in [3.05, 3.63) is 92.9 Å². The molecule has 11 nitrogen and oxygen atoms in total. The predicted octanol–water partition coefficient (Wildman–Crippen LogP) is 3.26. The lowest BCUT2D eigenvalue weighted by molar-refractivity contribution is -0.119. The highest BCUT2D eigenvalue weighted by molar-refractivity contribution is 6.31. The van der Waals surface area contributed by atoms with Gasteiger partial charge >= 0.3 is 0 Å². The van der Waals surface area contributed by atoms with E-state index in [1.54, 1.807) is 31.2 Å². The lowest BCUT2D eigenvalue weighted by Crippen LogP contribution is -2.34. The Morgan fingerprint density at radius 3 is 2.63 bits per heavy atom. The number of nitrogens with one attached hydrogen (secondary N) is 1. The Hall–Kier alpha value is -4.95. The minimum Gasteiger partial charge on any atom is -0.495 e. The fraction of sp³-hybridized carbons (Fsp3) is 0.154. The van der Waals surface area contributed by atoms with Crippen LogP contribution in [0.1, 0.15) is 33.5 Å². The van der Waals surface area contributed by atoms with Crippen molar-refractivity contribution in [2.45, 2.75) is 19.4 Å². The van der Waals surface area contributed by atoms with E-state index in [9.17, 15) is 19.6 Å². The van der Waals surface area contributed by atoms with Crippen LogP contribution in [-0.2, 0) is 11.2 Å². The maximum Gasteiger partial charge on any atom is 0.267 e. The molecule has 0 spiro atoms. The number of amides is 2. The summed E-state index contributed by atoms with van der Waals surface area (Å²) in [4.78, 5) is 42.1. The first-order valence-corrected chi connectivity index (χ1v) is 11.6. The van der Waals surface area contributed by atoms with E-state index in [-0.39, 0.29) is 23.6 Å². The van der Waals surface area contributed by atoms with E-state index in [1.807, 2.05) is 0 Å². The molecule has 3 N–H and O–H groups in total. The molecule has 4 rings (SSSR count). The average molecular weight is 533 g/mol. The summed E-state index contributed by atoms with van der Waals surface area (Å²) in [5.41, 5.74) is 6.51. The highest BCUT2D eigenvalue weighted by Crippen LogP contribution is 2.33. The lowest BCUT2D eigenvalue weighted by Gasteiger charge is -2.21. The normalized spacial score (nSPS) is 11.4. The van der Waals surface area contributed by atoms with Gasteiger partial charge in [-0.05, 0) is 37.3 Å². The van der Waals surface area contributed by atoms with Gasteiger partial charge in [-0.2, -0.15) is 5.26 Å².